The number of hydrogen-bond acceptors (Lipinski definition) is 4. The van der Waals surface area contributed by atoms with Crippen molar-refractivity contribution in [1.82, 2.24) is 9.97 Å². The molecule has 0 amide bonds. The van der Waals surface area contributed by atoms with E-state index >= 15 is 0 Å². The van der Waals surface area contributed by atoms with Gasteiger partial charge in [0.15, 0.2) is 5.82 Å². The molecule has 0 saturated heterocycles. The zero-order valence-electron chi connectivity index (χ0n) is 12.3. The van der Waals surface area contributed by atoms with Gasteiger partial charge in [0.1, 0.15) is 5.82 Å². The number of thiophene rings is 1. The SMILES string of the molecule is CCCNc1nc(-c2cc(Cl)cs2)nc(C)c1C(C)C. The highest BCUT2D eigenvalue weighted by Gasteiger charge is 2.16. The number of nitrogens with one attached hydrogen (secondary N) is 1. The summed E-state index contributed by atoms with van der Waals surface area (Å²) >= 11 is 7.57. The van der Waals surface area contributed by atoms with Crippen LogP contribution in [0.5, 0.6) is 0 Å². The van der Waals surface area contributed by atoms with Gasteiger partial charge in [-0.2, -0.15) is 0 Å². The second-order valence-electron chi connectivity index (χ2n) is 5.11. The van der Waals surface area contributed by atoms with Crippen LogP contribution < -0.4 is 5.32 Å². The van der Waals surface area contributed by atoms with E-state index in [9.17, 15) is 0 Å². The summed E-state index contributed by atoms with van der Waals surface area (Å²) < 4.78 is 0. The Bertz CT molecular complexity index is 593. The Balaban J connectivity index is 2.48. The summed E-state index contributed by atoms with van der Waals surface area (Å²) in [7, 11) is 0. The molecule has 0 saturated carbocycles. The Morgan fingerprint density at radius 3 is 2.65 bits per heavy atom. The van der Waals surface area contributed by atoms with Gasteiger partial charge in [0.25, 0.3) is 0 Å². The predicted octanol–water partition coefficient (Wildman–Crippen LogP) is 5.11. The van der Waals surface area contributed by atoms with Gasteiger partial charge in [-0.15, -0.1) is 11.3 Å². The van der Waals surface area contributed by atoms with Crippen molar-refractivity contribution in [2.45, 2.75) is 40.0 Å². The molecule has 108 valence electrons. The summed E-state index contributed by atoms with van der Waals surface area (Å²) in [5.74, 6) is 2.10. The molecule has 0 aromatic carbocycles. The van der Waals surface area contributed by atoms with Crippen LogP contribution in [0.4, 0.5) is 5.82 Å². The third-order valence-electron chi connectivity index (χ3n) is 3.04. The van der Waals surface area contributed by atoms with Crippen molar-refractivity contribution in [3.63, 3.8) is 0 Å². The number of aryl methyl sites for hydroxylation is 1. The molecule has 1 N–H and O–H groups in total. The fourth-order valence-corrected chi connectivity index (χ4v) is 3.20. The molecule has 0 aliphatic rings. The van der Waals surface area contributed by atoms with Crippen molar-refractivity contribution in [3.8, 4) is 10.7 Å². The van der Waals surface area contributed by atoms with E-state index < -0.39 is 0 Å². The minimum absolute atomic E-state index is 0.398. The average Bonchev–Trinajstić information content (AvgIpc) is 2.81. The van der Waals surface area contributed by atoms with Gasteiger partial charge in [-0.1, -0.05) is 32.4 Å². The van der Waals surface area contributed by atoms with Crippen LogP contribution in [0.3, 0.4) is 0 Å². The lowest BCUT2D eigenvalue weighted by Crippen LogP contribution is -2.10. The number of nitrogens with zero attached hydrogens (tertiary/aromatic N) is 2. The largest absolute Gasteiger partial charge is 0.370 e. The second kappa shape index (κ2) is 6.55. The van der Waals surface area contributed by atoms with E-state index in [0.29, 0.717) is 5.92 Å². The molecule has 0 bridgehead atoms. The van der Waals surface area contributed by atoms with Crippen LogP contribution in [0, 0.1) is 6.92 Å². The van der Waals surface area contributed by atoms with Crippen molar-refractivity contribution < 1.29 is 0 Å². The van der Waals surface area contributed by atoms with Gasteiger partial charge < -0.3 is 5.32 Å². The zero-order chi connectivity index (χ0) is 14.7. The van der Waals surface area contributed by atoms with Crippen LogP contribution in [-0.4, -0.2) is 16.5 Å². The maximum atomic E-state index is 5.99. The Morgan fingerprint density at radius 1 is 1.35 bits per heavy atom. The fraction of sp³-hybridized carbons (Fsp3) is 0.467. The third-order valence-corrected chi connectivity index (χ3v) is 4.32. The number of hydrogen-bond donors (Lipinski definition) is 1. The first-order valence-corrected chi connectivity index (χ1v) is 8.15. The minimum Gasteiger partial charge on any atom is -0.370 e. The third kappa shape index (κ3) is 3.30. The molecule has 0 radical (unpaired) electrons. The van der Waals surface area contributed by atoms with Crippen LogP contribution in [0.2, 0.25) is 5.02 Å². The van der Waals surface area contributed by atoms with Crippen LogP contribution in [0.1, 0.15) is 44.4 Å². The Morgan fingerprint density at radius 2 is 2.10 bits per heavy atom. The zero-order valence-corrected chi connectivity index (χ0v) is 13.9. The molecule has 0 unspecified atom stereocenters. The van der Waals surface area contributed by atoms with Crippen molar-refractivity contribution in [1.29, 1.82) is 0 Å². The molecular formula is C15H20ClN3S. The highest BCUT2D eigenvalue weighted by Crippen LogP contribution is 2.31. The van der Waals surface area contributed by atoms with E-state index in [4.69, 9.17) is 16.6 Å². The quantitative estimate of drug-likeness (QED) is 0.833. The van der Waals surface area contributed by atoms with E-state index in [-0.39, 0.29) is 0 Å². The first kappa shape index (κ1) is 15.3. The van der Waals surface area contributed by atoms with E-state index in [2.05, 4.69) is 31.1 Å². The normalized spacial score (nSPS) is 11.1. The topological polar surface area (TPSA) is 37.8 Å². The predicted molar refractivity (Wildman–Crippen MR) is 88.0 cm³/mol. The monoisotopic (exact) mass is 309 g/mol. The Labute approximate surface area is 129 Å². The van der Waals surface area contributed by atoms with E-state index in [1.807, 2.05) is 18.4 Å². The summed E-state index contributed by atoms with van der Waals surface area (Å²) in [4.78, 5) is 10.4. The van der Waals surface area contributed by atoms with Crippen molar-refractivity contribution >= 4 is 28.8 Å². The van der Waals surface area contributed by atoms with Crippen LogP contribution in [0.15, 0.2) is 11.4 Å². The van der Waals surface area contributed by atoms with Gasteiger partial charge in [-0.25, -0.2) is 9.97 Å². The molecular weight excluding hydrogens is 290 g/mol. The number of halogens is 1. The number of aromatic nitrogens is 2. The summed E-state index contributed by atoms with van der Waals surface area (Å²) in [6.45, 7) is 9.46. The summed E-state index contributed by atoms with van der Waals surface area (Å²) in [6, 6.07) is 1.92. The first-order valence-electron chi connectivity index (χ1n) is 6.89. The highest BCUT2D eigenvalue weighted by atomic mass is 35.5. The van der Waals surface area contributed by atoms with Crippen molar-refractivity contribution in [3.05, 3.63) is 27.7 Å². The molecule has 0 aliphatic carbocycles. The molecule has 2 aromatic heterocycles. The molecule has 2 aromatic rings. The van der Waals surface area contributed by atoms with Crippen molar-refractivity contribution in [2.75, 3.05) is 11.9 Å². The van der Waals surface area contributed by atoms with Gasteiger partial charge in [0, 0.05) is 23.2 Å². The first-order chi connectivity index (χ1) is 9.52. The lowest BCUT2D eigenvalue weighted by Gasteiger charge is -2.16. The summed E-state index contributed by atoms with van der Waals surface area (Å²) in [5, 5.41) is 6.07. The molecule has 0 aliphatic heterocycles. The maximum Gasteiger partial charge on any atom is 0.171 e. The maximum absolute atomic E-state index is 5.99. The summed E-state index contributed by atoms with van der Waals surface area (Å²) in [5.41, 5.74) is 2.23. The molecule has 2 rings (SSSR count). The number of anilines is 1. The van der Waals surface area contributed by atoms with Gasteiger partial charge in [-0.05, 0) is 25.3 Å². The van der Waals surface area contributed by atoms with Gasteiger partial charge >= 0.3 is 0 Å². The van der Waals surface area contributed by atoms with Crippen LogP contribution >= 0.6 is 22.9 Å². The molecule has 20 heavy (non-hydrogen) atoms. The molecule has 0 atom stereocenters. The van der Waals surface area contributed by atoms with Gasteiger partial charge in [-0.3, -0.25) is 0 Å². The van der Waals surface area contributed by atoms with Crippen LogP contribution in [-0.2, 0) is 0 Å². The van der Waals surface area contributed by atoms with Gasteiger partial charge in [0.2, 0.25) is 0 Å². The standard InChI is InChI=1S/C15H20ClN3S/c1-5-6-17-15-13(9(2)3)10(4)18-14(19-15)12-7-11(16)8-20-12/h7-9H,5-6H2,1-4H3,(H,17,18,19). The van der Waals surface area contributed by atoms with E-state index in [1.165, 1.54) is 5.56 Å². The lowest BCUT2D eigenvalue weighted by atomic mass is 10.0. The molecule has 5 heteroatoms. The molecule has 0 fully saturated rings. The Kier molecular flexibility index (Phi) is 5.00. The van der Waals surface area contributed by atoms with E-state index in [0.717, 1.165) is 40.2 Å². The molecule has 2 heterocycles. The fourth-order valence-electron chi connectivity index (χ4n) is 2.19. The molecule has 3 nitrogen and oxygen atoms in total. The summed E-state index contributed by atoms with van der Waals surface area (Å²) in [6.07, 6.45) is 1.07. The van der Waals surface area contributed by atoms with Gasteiger partial charge in [0.05, 0.1) is 9.90 Å². The minimum atomic E-state index is 0.398. The molecule has 0 spiro atoms. The number of rotatable bonds is 5. The van der Waals surface area contributed by atoms with E-state index in [1.54, 1.807) is 11.3 Å². The Hall–Kier alpha value is -1.13. The second-order valence-corrected chi connectivity index (χ2v) is 6.45. The smallest absolute Gasteiger partial charge is 0.171 e. The highest BCUT2D eigenvalue weighted by molar-refractivity contribution is 7.14. The lowest BCUT2D eigenvalue weighted by molar-refractivity contribution is 0.827. The van der Waals surface area contributed by atoms with Crippen LogP contribution in [0.25, 0.3) is 10.7 Å². The average molecular weight is 310 g/mol. The van der Waals surface area contributed by atoms with Crippen molar-refractivity contribution in [2.24, 2.45) is 0 Å².